The molecular formula is C16H24ClN3O. The molecule has 1 aliphatic rings. The van der Waals surface area contributed by atoms with Gasteiger partial charge in [0.25, 0.3) is 0 Å². The lowest BCUT2D eigenvalue weighted by molar-refractivity contribution is -0.117. The van der Waals surface area contributed by atoms with E-state index in [2.05, 4.69) is 15.5 Å². The van der Waals surface area contributed by atoms with Gasteiger partial charge >= 0.3 is 0 Å². The van der Waals surface area contributed by atoms with Gasteiger partial charge in [-0.25, -0.2) is 0 Å². The van der Waals surface area contributed by atoms with Crippen molar-refractivity contribution in [3.05, 3.63) is 28.8 Å². The summed E-state index contributed by atoms with van der Waals surface area (Å²) in [6.07, 6.45) is 2.40. The summed E-state index contributed by atoms with van der Waals surface area (Å²) in [5.41, 5.74) is 1.83. The van der Waals surface area contributed by atoms with Crippen molar-refractivity contribution in [2.45, 2.75) is 19.8 Å². The number of halogens is 1. The van der Waals surface area contributed by atoms with Crippen molar-refractivity contribution in [1.82, 2.24) is 10.2 Å². The third-order valence-electron chi connectivity index (χ3n) is 3.94. The number of piperidine rings is 1. The highest BCUT2D eigenvalue weighted by Crippen LogP contribution is 2.20. The van der Waals surface area contributed by atoms with E-state index in [1.54, 1.807) is 6.07 Å². The Hall–Kier alpha value is -1.10. The molecule has 5 heteroatoms. The van der Waals surface area contributed by atoms with Gasteiger partial charge in [0.2, 0.25) is 5.91 Å². The van der Waals surface area contributed by atoms with Gasteiger partial charge in [0, 0.05) is 17.3 Å². The molecule has 1 aromatic carbocycles. The molecule has 21 heavy (non-hydrogen) atoms. The quantitative estimate of drug-likeness (QED) is 0.878. The predicted molar refractivity (Wildman–Crippen MR) is 87.9 cm³/mol. The summed E-state index contributed by atoms with van der Waals surface area (Å²) in [6, 6.07) is 5.55. The van der Waals surface area contributed by atoms with Gasteiger partial charge in [-0.15, -0.1) is 0 Å². The fraction of sp³-hybridized carbons (Fsp3) is 0.562. The topological polar surface area (TPSA) is 44.4 Å². The Morgan fingerprint density at radius 2 is 2.29 bits per heavy atom. The van der Waals surface area contributed by atoms with Crippen LogP contribution in [0.5, 0.6) is 0 Å². The van der Waals surface area contributed by atoms with Gasteiger partial charge in [0.15, 0.2) is 0 Å². The molecule has 2 N–H and O–H groups in total. The summed E-state index contributed by atoms with van der Waals surface area (Å²) in [4.78, 5) is 14.4. The van der Waals surface area contributed by atoms with Crippen LogP contribution in [0.2, 0.25) is 5.02 Å². The van der Waals surface area contributed by atoms with Gasteiger partial charge in [0.05, 0.1) is 6.54 Å². The summed E-state index contributed by atoms with van der Waals surface area (Å²) in [5.74, 6) is 0.676. The molecule has 1 heterocycles. The van der Waals surface area contributed by atoms with Gasteiger partial charge in [-0.2, -0.15) is 0 Å². The van der Waals surface area contributed by atoms with Crippen LogP contribution < -0.4 is 10.6 Å². The third kappa shape index (κ3) is 4.99. The van der Waals surface area contributed by atoms with E-state index in [1.807, 2.05) is 26.1 Å². The minimum absolute atomic E-state index is 0.0328. The van der Waals surface area contributed by atoms with Crippen LogP contribution in [0.3, 0.4) is 0 Å². The average Bonchev–Trinajstić information content (AvgIpc) is 2.43. The molecule has 1 amide bonds. The summed E-state index contributed by atoms with van der Waals surface area (Å²) in [5, 5.41) is 6.83. The van der Waals surface area contributed by atoms with Crippen molar-refractivity contribution in [2.24, 2.45) is 5.92 Å². The number of likely N-dealkylation sites (tertiary alicyclic amines) is 1. The average molecular weight is 310 g/mol. The Morgan fingerprint density at radius 1 is 1.48 bits per heavy atom. The van der Waals surface area contributed by atoms with E-state index < -0.39 is 0 Å². The second kappa shape index (κ2) is 7.78. The van der Waals surface area contributed by atoms with Crippen LogP contribution >= 0.6 is 11.6 Å². The highest BCUT2D eigenvalue weighted by Gasteiger charge is 2.21. The fourth-order valence-corrected chi connectivity index (χ4v) is 3.04. The standard InChI is InChI=1S/C16H24ClN3O/c1-12-5-6-14(17)8-15(12)19-16(21)11-20-7-3-4-13(10-20)9-18-2/h5-6,8,13,18H,3-4,7,9-11H2,1-2H3,(H,19,21). The maximum absolute atomic E-state index is 12.2. The van der Waals surface area contributed by atoms with E-state index >= 15 is 0 Å². The first-order chi connectivity index (χ1) is 10.1. The van der Waals surface area contributed by atoms with Crippen molar-refractivity contribution in [3.63, 3.8) is 0 Å². The molecule has 0 saturated carbocycles. The normalized spacial score (nSPS) is 19.5. The van der Waals surface area contributed by atoms with E-state index in [-0.39, 0.29) is 5.91 Å². The molecule has 116 valence electrons. The van der Waals surface area contributed by atoms with Gasteiger partial charge in [-0.1, -0.05) is 17.7 Å². The van der Waals surface area contributed by atoms with Gasteiger partial charge < -0.3 is 10.6 Å². The Balaban J connectivity index is 1.88. The number of amides is 1. The summed E-state index contributed by atoms with van der Waals surface area (Å²) >= 11 is 5.98. The zero-order chi connectivity index (χ0) is 15.2. The lowest BCUT2D eigenvalue weighted by Gasteiger charge is -2.32. The Kier molecular flexibility index (Phi) is 6.03. The highest BCUT2D eigenvalue weighted by atomic mass is 35.5. The van der Waals surface area contributed by atoms with Crippen LogP contribution in [0.1, 0.15) is 18.4 Å². The largest absolute Gasteiger partial charge is 0.325 e. The van der Waals surface area contributed by atoms with Crippen molar-refractivity contribution in [1.29, 1.82) is 0 Å². The summed E-state index contributed by atoms with van der Waals surface area (Å²) < 4.78 is 0. The second-order valence-corrected chi connectivity index (χ2v) is 6.24. The molecule has 4 nitrogen and oxygen atoms in total. The lowest BCUT2D eigenvalue weighted by atomic mass is 9.98. The van der Waals surface area contributed by atoms with Crippen LogP contribution in [0, 0.1) is 12.8 Å². The number of rotatable bonds is 5. The van der Waals surface area contributed by atoms with Crippen LogP contribution in [0.25, 0.3) is 0 Å². The fourth-order valence-electron chi connectivity index (χ4n) is 2.87. The molecule has 2 rings (SSSR count). The third-order valence-corrected chi connectivity index (χ3v) is 4.17. The number of hydrogen-bond acceptors (Lipinski definition) is 3. The zero-order valence-corrected chi connectivity index (χ0v) is 13.5. The minimum atomic E-state index is 0.0328. The maximum atomic E-state index is 12.2. The zero-order valence-electron chi connectivity index (χ0n) is 12.8. The lowest BCUT2D eigenvalue weighted by Crippen LogP contribution is -2.42. The summed E-state index contributed by atoms with van der Waals surface area (Å²) in [6.45, 7) is 5.43. The second-order valence-electron chi connectivity index (χ2n) is 5.81. The van der Waals surface area contributed by atoms with E-state index in [0.717, 1.165) is 37.3 Å². The number of anilines is 1. The molecule has 1 aromatic rings. The van der Waals surface area contributed by atoms with Crippen LogP contribution in [0.15, 0.2) is 18.2 Å². The molecule has 1 aliphatic heterocycles. The molecule has 0 aromatic heterocycles. The number of carbonyl (C=O) groups is 1. The molecule has 0 bridgehead atoms. The molecule has 0 radical (unpaired) electrons. The number of nitrogens with one attached hydrogen (secondary N) is 2. The van der Waals surface area contributed by atoms with Gasteiger partial charge in [-0.05, 0) is 63.5 Å². The van der Waals surface area contributed by atoms with Crippen LogP contribution in [-0.2, 0) is 4.79 Å². The van der Waals surface area contributed by atoms with Gasteiger partial charge in [-0.3, -0.25) is 9.69 Å². The smallest absolute Gasteiger partial charge is 0.238 e. The van der Waals surface area contributed by atoms with Gasteiger partial charge in [0.1, 0.15) is 0 Å². The number of aryl methyl sites for hydroxylation is 1. The van der Waals surface area contributed by atoms with Crippen molar-refractivity contribution >= 4 is 23.2 Å². The number of benzene rings is 1. The maximum Gasteiger partial charge on any atom is 0.238 e. The first-order valence-corrected chi connectivity index (χ1v) is 7.89. The monoisotopic (exact) mass is 309 g/mol. The Morgan fingerprint density at radius 3 is 3.05 bits per heavy atom. The molecule has 1 fully saturated rings. The Bertz CT molecular complexity index is 490. The van der Waals surface area contributed by atoms with Crippen molar-refractivity contribution < 1.29 is 4.79 Å². The molecule has 1 saturated heterocycles. The molecule has 1 unspecified atom stereocenters. The number of nitrogens with zero attached hydrogens (tertiary/aromatic N) is 1. The van der Waals surface area contributed by atoms with Crippen molar-refractivity contribution in [2.75, 3.05) is 38.5 Å². The van der Waals surface area contributed by atoms with E-state index in [1.165, 1.54) is 6.42 Å². The molecule has 0 spiro atoms. The van der Waals surface area contributed by atoms with E-state index in [0.29, 0.717) is 17.5 Å². The number of carbonyl (C=O) groups excluding carboxylic acids is 1. The summed E-state index contributed by atoms with van der Waals surface area (Å²) in [7, 11) is 1.98. The van der Waals surface area contributed by atoms with Crippen molar-refractivity contribution in [3.8, 4) is 0 Å². The molecular weight excluding hydrogens is 286 g/mol. The first kappa shape index (κ1) is 16.3. The minimum Gasteiger partial charge on any atom is -0.325 e. The van der Waals surface area contributed by atoms with E-state index in [9.17, 15) is 4.79 Å². The molecule has 0 aliphatic carbocycles. The molecule has 1 atom stereocenters. The van der Waals surface area contributed by atoms with E-state index in [4.69, 9.17) is 11.6 Å². The highest BCUT2D eigenvalue weighted by molar-refractivity contribution is 6.31. The SMILES string of the molecule is CNCC1CCCN(CC(=O)Nc2cc(Cl)ccc2C)C1. The van der Waals surface area contributed by atoms with Crippen LogP contribution in [0.4, 0.5) is 5.69 Å². The first-order valence-electron chi connectivity index (χ1n) is 7.51. The van der Waals surface area contributed by atoms with Crippen LogP contribution in [-0.4, -0.2) is 44.0 Å². The predicted octanol–water partition coefficient (Wildman–Crippen LogP) is 2.52. The number of hydrogen-bond donors (Lipinski definition) is 2. The Labute approximate surface area is 131 Å².